The quantitative estimate of drug-likeness (QED) is 0.783. The number of quaternary nitrogens is 1. The lowest BCUT2D eigenvalue weighted by molar-refractivity contribution is -0.386. The van der Waals surface area contributed by atoms with Crippen LogP contribution in [0.4, 0.5) is 0 Å². The second-order valence-electron chi connectivity index (χ2n) is 4.52. The van der Waals surface area contributed by atoms with Crippen LogP contribution in [-0.2, 0) is 17.8 Å². The fourth-order valence-electron chi connectivity index (χ4n) is 2.12. The van der Waals surface area contributed by atoms with Crippen LogP contribution in [0.2, 0.25) is 0 Å². The Hall–Kier alpha value is -1.82. The van der Waals surface area contributed by atoms with Crippen LogP contribution in [0.1, 0.15) is 11.1 Å². The average Bonchev–Trinajstić information content (AvgIpc) is 2.81. The second kappa shape index (κ2) is 5.05. The molecule has 1 aliphatic rings. The molecule has 0 amide bonds. The maximum Gasteiger partial charge on any atom is 0.491 e. The SMILES string of the molecule is [NH3+]Cc1ccc(Oc2ccc3c(c2)B(O)OC3)cc1. The van der Waals surface area contributed by atoms with E-state index < -0.39 is 7.12 Å². The topological polar surface area (TPSA) is 66.3 Å². The van der Waals surface area contributed by atoms with Crippen LogP contribution in [0.3, 0.4) is 0 Å². The van der Waals surface area contributed by atoms with Gasteiger partial charge >= 0.3 is 7.12 Å². The highest BCUT2D eigenvalue weighted by atomic mass is 16.5. The van der Waals surface area contributed by atoms with Gasteiger partial charge in [-0.05, 0) is 47.4 Å². The van der Waals surface area contributed by atoms with E-state index in [4.69, 9.17) is 9.39 Å². The molecule has 0 spiro atoms. The van der Waals surface area contributed by atoms with Crippen LogP contribution < -0.4 is 15.9 Å². The molecule has 0 aliphatic carbocycles. The lowest BCUT2D eigenvalue weighted by Crippen LogP contribution is -2.47. The summed E-state index contributed by atoms with van der Waals surface area (Å²) in [6.45, 7) is 1.22. The molecule has 0 saturated carbocycles. The Bertz CT molecular complexity index is 586. The Morgan fingerprint density at radius 1 is 1.16 bits per heavy atom. The molecule has 1 heterocycles. The molecule has 0 bridgehead atoms. The van der Waals surface area contributed by atoms with E-state index in [9.17, 15) is 5.02 Å². The van der Waals surface area contributed by atoms with E-state index in [-0.39, 0.29) is 0 Å². The molecule has 0 aromatic heterocycles. The Balaban J connectivity index is 1.81. The van der Waals surface area contributed by atoms with E-state index in [2.05, 4.69) is 5.73 Å². The van der Waals surface area contributed by atoms with Gasteiger partial charge in [0, 0.05) is 5.56 Å². The monoisotopic (exact) mass is 256 g/mol. The summed E-state index contributed by atoms with van der Waals surface area (Å²) in [6.07, 6.45) is 0. The molecular weight excluding hydrogens is 241 g/mol. The van der Waals surface area contributed by atoms with Crippen LogP contribution in [0, 0.1) is 0 Å². The normalized spacial score (nSPS) is 13.5. The van der Waals surface area contributed by atoms with Gasteiger partial charge in [0.2, 0.25) is 0 Å². The predicted octanol–water partition coefficient (Wildman–Crippen LogP) is 0.438. The zero-order valence-corrected chi connectivity index (χ0v) is 10.5. The number of hydrogen-bond acceptors (Lipinski definition) is 3. The van der Waals surface area contributed by atoms with Crippen molar-refractivity contribution in [1.82, 2.24) is 0 Å². The number of fused-ring (bicyclic) bond motifs is 1. The van der Waals surface area contributed by atoms with Crippen molar-refractivity contribution in [3.63, 3.8) is 0 Å². The fourth-order valence-corrected chi connectivity index (χ4v) is 2.12. The highest BCUT2D eigenvalue weighted by molar-refractivity contribution is 6.61. The molecule has 3 rings (SSSR count). The van der Waals surface area contributed by atoms with E-state index in [1.807, 2.05) is 42.5 Å². The first kappa shape index (κ1) is 12.2. The summed E-state index contributed by atoms with van der Waals surface area (Å²) in [4.78, 5) is 0. The van der Waals surface area contributed by atoms with E-state index >= 15 is 0 Å². The Morgan fingerprint density at radius 3 is 2.63 bits per heavy atom. The summed E-state index contributed by atoms with van der Waals surface area (Å²) in [5.41, 5.74) is 6.80. The molecule has 0 unspecified atom stereocenters. The second-order valence-corrected chi connectivity index (χ2v) is 4.52. The van der Waals surface area contributed by atoms with Crippen LogP contribution >= 0.6 is 0 Å². The molecule has 0 saturated heterocycles. The summed E-state index contributed by atoms with van der Waals surface area (Å²) in [7, 11) is -0.841. The van der Waals surface area contributed by atoms with Gasteiger partial charge in [-0.15, -0.1) is 0 Å². The molecule has 96 valence electrons. The third-order valence-corrected chi connectivity index (χ3v) is 3.23. The van der Waals surface area contributed by atoms with E-state index in [0.717, 1.165) is 23.3 Å². The third kappa shape index (κ3) is 2.49. The van der Waals surface area contributed by atoms with Crippen molar-refractivity contribution in [2.75, 3.05) is 0 Å². The summed E-state index contributed by atoms with van der Waals surface area (Å²) in [5, 5.41) is 9.66. The Kier molecular flexibility index (Phi) is 3.25. The molecule has 5 heteroatoms. The minimum absolute atomic E-state index is 0.453. The lowest BCUT2D eigenvalue weighted by Gasteiger charge is -2.07. The van der Waals surface area contributed by atoms with Crippen LogP contribution in [-0.4, -0.2) is 12.1 Å². The van der Waals surface area contributed by atoms with Crippen molar-refractivity contribution in [2.24, 2.45) is 0 Å². The van der Waals surface area contributed by atoms with Gasteiger partial charge in [0.15, 0.2) is 0 Å². The summed E-state index contributed by atoms with van der Waals surface area (Å²) in [5.74, 6) is 1.47. The summed E-state index contributed by atoms with van der Waals surface area (Å²) < 4.78 is 10.9. The maximum absolute atomic E-state index is 9.66. The van der Waals surface area contributed by atoms with Crippen LogP contribution in [0.5, 0.6) is 11.5 Å². The number of ether oxygens (including phenoxy) is 1. The van der Waals surface area contributed by atoms with Crippen molar-refractivity contribution in [2.45, 2.75) is 13.2 Å². The van der Waals surface area contributed by atoms with Crippen molar-refractivity contribution in [1.29, 1.82) is 0 Å². The largest absolute Gasteiger partial charge is 0.491 e. The fraction of sp³-hybridized carbons (Fsp3) is 0.143. The van der Waals surface area contributed by atoms with E-state index in [1.165, 1.54) is 5.56 Å². The number of benzene rings is 2. The van der Waals surface area contributed by atoms with Crippen LogP contribution in [0.15, 0.2) is 42.5 Å². The molecule has 0 fully saturated rings. The molecule has 2 aromatic carbocycles. The molecule has 0 radical (unpaired) electrons. The van der Waals surface area contributed by atoms with Gasteiger partial charge in [0.1, 0.15) is 11.5 Å². The zero-order chi connectivity index (χ0) is 13.2. The number of hydrogen-bond donors (Lipinski definition) is 2. The van der Waals surface area contributed by atoms with Gasteiger partial charge in [-0.3, -0.25) is 0 Å². The lowest BCUT2D eigenvalue weighted by atomic mass is 9.79. The van der Waals surface area contributed by atoms with Crippen molar-refractivity contribution < 1.29 is 20.1 Å². The van der Waals surface area contributed by atoms with Gasteiger partial charge in [0.25, 0.3) is 0 Å². The molecule has 0 atom stereocenters. The van der Waals surface area contributed by atoms with E-state index in [0.29, 0.717) is 12.4 Å². The first-order valence-electron chi connectivity index (χ1n) is 6.25. The first-order chi connectivity index (χ1) is 9.26. The van der Waals surface area contributed by atoms with Gasteiger partial charge in [-0.2, -0.15) is 0 Å². The van der Waals surface area contributed by atoms with Gasteiger partial charge in [0.05, 0.1) is 13.2 Å². The first-order valence-corrected chi connectivity index (χ1v) is 6.25. The van der Waals surface area contributed by atoms with Gasteiger partial charge in [-0.1, -0.05) is 6.07 Å². The van der Waals surface area contributed by atoms with Crippen molar-refractivity contribution in [3.8, 4) is 11.5 Å². The average molecular weight is 256 g/mol. The van der Waals surface area contributed by atoms with Crippen molar-refractivity contribution in [3.05, 3.63) is 53.6 Å². The molecule has 19 heavy (non-hydrogen) atoms. The molecule has 2 aromatic rings. The zero-order valence-electron chi connectivity index (χ0n) is 10.5. The Morgan fingerprint density at radius 2 is 1.89 bits per heavy atom. The molecule has 4 nitrogen and oxygen atoms in total. The summed E-state index contributed by atoms with van der Waals surface area (Å²) in [6, 6.07) is 13.5. The Labute approximate surface area is 111 Å². The van der Waals surface area contributed by atoms with E-state index in [1.54, 1.807) is 0 Å². The minimum Gasteiger partial charge on any atom is -0.457 e. The molecular formula is C14H15BNO3+. The van der Waals surface area contributed by atoms with Crippen molar-refractivity contribution >= 4 is 12.6 Å². The minimum atomic E-state index is -0.841. The smallest absolute Gasteiger partial charge is 0.457 e. The maximum atomic E-state index is 9.66. The third-order valence-electron chi connectivity index (χ3n) is 3.23. The number of rotatable bonds is 3. The highest BCUT2D eigenvalue weighted by Crippen LogP contribution is 2.23. The molecule has 1 aliphatic heterocycles. The van der Waals surface area contributed by atoms with Gasteiger partial charge < -0.3 is 20.1 Å². The standard InChI is InChI=1S/C14H14BNO3/c16-8-10-1-4-12(5-2-10)19-13-6-3-11-9-18-15(17)14(11)7-13/h1-7,17H,8-9,16H2/p+1. The predicted molar refractivity (Wildman–Crippen MR) is 71.9 cm³/mol. The molecule has 4 N–H and O–H groups in total. The van der Waals surface area contributed by atoms with Gasteiger partial charge in [-0.25, -0.2) is 0 Å². The summed E-state index contributed by atoms with van der Waals surface area (Å²) >= 11 is 0. The van der Waals surface area contributed by atoms with Crippen LogP contribution in [0.25, 0.3) is 0 Å². The highest BCUT2D eigenvalue weighted by Gasteiger charge is 2.27.